The van der Waals surface area contributed by atoms with E-state index in [-0.39, 0.29) is 0 Å². The van der Waals surface area contributed by atoms with Crippen molar-refractivity contribution in [3.63, 3.8) is 0 Å². The van der Waals surface area contributed by atoms with E-state index in [2.05, 4.69) is 24.0 Å². The van der Waals surface area contributed by atoms with Crippen molar-refractivity contribution in [1.29, 1.82) is 0 Å². The maximum atomic E-state index is 10.2. The van der Waals surface area contributed by atoms with Gasteiger partial charge < -0.3 is 0 Å². The van der Waals surface area contributed by atoms with Crippen LogP contribution in [0.2, 0.25) is 0 Å². The average molecular weight is 330 g/mol. The van der Waals surface area contributed by atoms with E-state index in [9.17, 15) is 4.79 Å². The molecule has 0 saturated carbocycles. The van der Waals surface area contributed by atoms with Crippen molar-refractivity contribution >= 4 is 11.8 Å². The van der Waals surface area contributed by atoms with E-state index in [0.29, 0.717) is 5.69 Å². The Balaban J connectivity index is 1.87. The molecule has 24 heavy (non-hydrogen) atoms. The van der Waals surface area contributed by atoms with Crippen LogP contribution in [0.25, 0.3) is 0 Å². The molecule has 0 aliphatic carbocycles. The van der Waals surface area contributed by atoms with Gasteiger partial charge in [0.1, 0.15) is 0 Å². The van der Waals surface area contributed by atoms with E-state index >= 15 is 0 Å². The summed E-state index contributed by atoms with van der Waals surface area (Å²) in [5.41, 5.74) is 2.03. The van der Waals surface area contributed by atoms with Crippen molar-refractivity contribution in [2.45, 2.75) is 96.8 Å². The van der Waals surface area contributed by atoms with Crippen molar-refractivity contribution in [3.05, 3.63) is 29.8 Å². The highest BCUT2D eigenvalue weighted by Crippen LogP contribution is 2.16. The molecule has 0 aliphatic heterocycles. The first-order valence-corrected chi connectivity index (χ1v) is 10.0. The Hall–Kier alpha value is -1.40. The fraction of sp³-hybridized carbons (Fsp3) is 0.682. The first kappa shape index (κ1) is 20.6. The first-order valence-electron chi connectivity index (χ1n) is 10.0. The molecule has 1 rings (SSSR count). The lowest BCUT2D eigenvalue weighted by Crippen LogP contribution is -1.86. The molecule has 134 valence electrons. The van der Waals surface area contributed by atoms with Gasteiger partial charge in [0.05, 0.1) is 5.69 Å². The van der Waals surface area contributed by atoms with Crippen LogP contribution in [0.4, 0.5) is 5.69 Å². The SMILES string of the molecule is CCCCCCCCCCCCCCCc1ccc(N=C=O)cc1. The predicted octanol–water partition coefficient (Wildman–Crippen LogP) is 7.29. The fourth-order valence-electron chi connectivity index (χ4n) is 3.14. The van der Waals surface area contributed by atoms with Crippen LogP contribution in [0.15, 0.2) is 29.3 Å². The van der Waals surface area contributed by atoms with Gasteiger partial charge in [-0.15, -0.1) is 0 Å². The van der Waals surface area contributed by atoms with E-state index < -0.39 is 0 Å². The molecule has 0 unspecified atom stereocenters. The normalized spacial score (nSPS) is 10.5. The molecule has 0 radical (unpaired) electrons. The molecule has 0 bridgehead atoms. The van der Waals surface area contributed by atoms with Gasteiger partial charge in [0.2, 0.25) is 6.08 Å². The standard InChI is InChI=1S/C22H35NO/c1-2-3-4-5-6-7-8-9-10-11-12-13-14-15-21-16-18-22(19-17-21)23-20-24/h16-19H,2-15H2,1H3. The Morgan fingerprint density at radius 2 is 1.17 bits per heavy atom. The summed E-state index contributed by atoms with van der Waals surface area (Å²) < 4.78 is 0. The number of aryl methyl sites for hydroxylation is 1. The van der Waals surface area contributed by atoms with Crippen LogP contribution in [-0.4, -0.2) is 6.08 Å². The van der Waals surface area contributed by atoms with Crippen LogP contribution in [0.3, 0.4) is 0 Å². The van der Waals surface area contributed by atoms with Gasteiger partial charge in [-0.3, -0.25) is 0 Å². The zero-order valence-corrected chi connectivity index (χ0v) is 15.6. The average Bonchev–Trinajstić information content (AvgIpc) is 2.60. The molecule has 0 heterocycles. The summed E-state index contributed by atoms with van der Waals surface area (Å²) in [6.07, 6.45) is 20.8. The van der Waals surface area contributed by atoms with E-state index in [1.54, 1.807) is 6.08 Å². The largest absolute Gasteiger partial charge is 0.240 e. The minimum atomic E-state index is 0.694. The van der Waals surface area contributed by atoms with Gasteiger partial charge in [-0.25, -0.2) is 4.79 Å². The van der Waals surface area contributed by atoms with Gasteiger partial charge in [-0.1, -0.05) is 96.1 Å². The van der Waals surface area contributed by atoms with Crippen LogP contribution < -0.4 is 0 Å². The summed E-state index contributed by atoms with van der Waals surface area (Å²) >= 11 is 0. The van der Waals surface area contributed by atoms with Gasteiger partial charge >= 0.3 is 0 Å². The van der Waals surface area contributed by atoms with Gasteiger partial charge in [0.25, 0.3) is 0 Å². The lowest BCUT2D eigenvalue weighted by Gasteiger charge is -2.04. The Labute approximate surface area is 148 Å². The lowest BCUT2D eigenvalue weighted by atomic mass is 10.0. The van der Waals surface area contributed by atoms with Gasteiger partial charge in [-0.05, 0) is 30.5 Å². The molecule has 2 nitrogen and oxygen atoms in total. The van der Waals surface area contributed by atoms with Crippen molar-refractivity contribution in [2.75, 3.05) is 0 Å². The Morgan fingerprint density at radius 1 is 0.708 bits per heavy atom. The number of aliphatic imine (C=N–C) groups is 1. The smallest absolute Gasteiger partial charge is 0.211 e. The summed E-state index contributed by atoms with van der Waals surface area (Å²) in [7, 11) is 0. The highest BCUT2D eigenvalue weighted by atomic mass is 16.1. The highest BCUT2D eigenvalue weighted by molar-refractivity contribution is 5.49. The highest BCUT2D eigenvalue weighted by Gasteiger charge is 1.96. The second-order valence-corrected chi connectivity index (χ2v) is 6.86. The molecule has 0 atom stereocenters. The van der Waals surface area contributed by atoms with Crippen molar-refractivity contribution in [2.24, 2.45) is 4.99 Å². The zero-order chi connectivity index (χ0) is 17.3. The number of isocyanates is 1. The number of nitrogens with zero attached hydrogens (tertiary/aromatic N) is 1. The summed E-state index contributed by atoms with van der Waals surface area (Å²) in [6, 6.07) is 7.92. The number of carbonyl (C=O) groups excluding carboxylic acids is 1. The van der Waals surface area contributed by atoms with Crippen molar-refractivity contribution in [1.82, 2.24) is 0 Å². The van der Waals surface area contributed by atoms with Crippen molar-refractivity contribution < 1.29 is 4.79 Å². The van der Waals surface area contributed by atoms with Crippen LogP contribution in [0, 0.1) is 0 Å². The molecule has 0 fully saturated rings. The van der Waals surface area contributed by atoms with Gasteiger partial charge in [0, 0.05) is 0 Å². The maximum Gasteiger partial charge on any atom is 0.240 e. The first-order chi connectivity index (χ1) is 11.9. The minimum Gasteiger partial charge on any atom is -0.211 e. The van der Waals surface area contributed by atoms with Gasteiger partial charge in [0.15, 0.2) is 0 Å². The second kappa shape index (κ2) is 15.1. The number of hydrogen-bond donors (Lipinski definition) is 0. The molecule has 0 N–H and O–H groups in total. The Bertz CT molecular complexity index is 446. The van der Waals surface area contributed by atoms with E-state index in [1.165, 1.54) is 89.0 Å². The molecule has 1 aromatic rings. The van der Waals surface area contributed by atoms with Crippen LogP contribution in [0.5, 0.6) is 0 Å². The number of rotatable bonds is 15. The fourth-order valence-corrected chi connectivity index (χ4v) is 3.14. The van der Waals surface area contributed by atoms with Gasteiger partial charge in [-0.2, -0.15) is 4.99 Å². The topological polar surface area (TPSA) is 29.4 Å². The maximum absolute atomic E-state index is 10.2. The minimum absolute atomic E-state index is 0.694. The molecule has 0 saturated heterocycles. The number of benzene rings is 1. The Morgan fingerprint density at radius 3 is 1.62 bits per heavy atom. The van der Waals surface area contributed by atoms with Crippen LogP contribution >= 0.6 is 0 Å². The molecular formula is C22H35NO. The van der Waals surface area contributed by atoms with E-state index in [0.717, 1.165) is 6.42 Å². The third kappa shape index (κ3) is 11.2. The molecule has 0 aromatic heterocycles. The molecule has 2 heteroatoms. The second-order valence-electron chi connectivity index (χ2n) is 6.86. The molecule has 0 spiro atoms. The molecule has 1 aromatic carbocycles. The Kier molecular flexibility index (Phi) is 13.0. The third-order valence-corrected chi connectivity index (χ3v) is 4.68. The lowest BCUT2D eigenvalue weighted by molar-refractivity contribution is 0.539. The van der Waals surface area contributed by atoms with Crippen molar-refractivity contribution in [3.8, 4) is 0 Å². The molecule has 0 amide bonds. The molecular weight excluding hydrogens is 294 g/mol. The summed E-state index contributed by atoms with van der Waals surface area (Å²) in [5, 5.41) is 0. The van der Waals surface area contributed by atoms with Crippen LogP contribution in [0.1, 0.15) is 96.0 Å². The monoisotopic (exact) mass is 329 g/mol. The number of unbranched alkanes of at least 4 members (excludes halogenated alkanes) is 12. The zero-order valence-electron chi connectivity index (χ0n) is 15.6. The predicted molar refractivity (Wildman–Crippen MR) is 104 cm³/mol. The number of hydrogen-bond acceptors (Lipinski definition) is 2. The van der Waals surface area contributed by atoms with E-state index in [1.807, 2.05) is 12.1 Å². The quantitative estimate of drug-likeness (QED) is 0.189. The summed E-state index contributed by atoms with van der Waals surface area (Å²) in [5.74, 6) is 0. The summed E-state index contributed by atoms with van der Waals surface area (Å²) in [6.45, 7) is 2.28. The van der Waals surface area contributed by atoms with Crippen LogP contribution in [-0.2, 0) is 11.2 Å². The molecule has 0 aliphatic rings. The van der Waals surface area contributed by atoms with E-state index in [4.69, 9.17) is 0 Å². The third-order valence-electron chi connectivity index (χ3n) is 4.68. The summed E-state index contributed by atoms with van der Waals surface area (Å²) in [4.78, 5) is 13.8.